The number of rotatable bonds is 4. The summed E-state index contributed by atoms with van der Waals surface area (Å²) in [6.07, 6.45) is 2.08. The van der Waals surface area contributed by atoms with Gasteiger partial charge in [0.05, 0.1) is 6.20 Å². The zero-order valence-corrected chi connectivity index (χ0v) is 8.41. The zero-order valence-electron chi connectivity index (χ0n) is 8.41. The molecule has 1 unspecified atom stereocenters. The normalized spacial score (nSPS) is 12.5. The molecule has 0 bridgehead atoms. The van der Waals surface area contributed by atoms with Gasteiger partial charge in [-0.3, -0.25) is 4.79 Å². The molecule has 1 rings (SSSR count). The van der Waals surface area contributed by atoms with E-state index in [4.69, 9.17) is 10.3 Å². The average Bonchev–Trinajstić information content (AvgIpc) is 2.65. The van der Waals surface area contributed by atoms with Crippen molar-refractivity contribution in [3.05, 3.63) is 17.5 Å². The molecular formula is C9H15N3O2. The van der Waals surface area contributed by atoms with Crippen LogP contribution < -0.4 is 11.1 Å². The van der Waals surface area contributed by atoms with Crippen molar-refractivity contribution in [2.45, 2.75) is 26.3 Å². The second-order valence-electron chi connectivity index (χ2n) is 3.13. The molecule has 1 aromatic heterocycles. The maximum atomic E-state index is 11.6. The topological polar surface area (TPSA) is 81.2 Å². The molecule has 1 heterocycles. The summed E-state index contributed by atoms with van der Waals surface area (Å²) < 4.78 is 4.91. The van der Waals surface area contributed by atoms with Crippen molar-refractivity contribution in [2.75, 3.05) is 6.54 Å². The van der Waals surface area contributed by atoms with Crippen molar-refractivity contribution >= 4 is 5.91 Å². The molecular weight excluding hydrogens is 182 g/mol. The molecule has 0 saturated heterocycles. The largest absolute Gasteiger partial charge is 0.361 e. The van der Waals surface area contributed by atoms with Crippen molar-refractivity contribution in [3.63, 3.8) is 0 Å². The zero-order chi connectivity index (χ0) is 10.6. The first kappa shape index (κ1) is 10.7. The van der Waals surface area contributed by atoms with Gasteiger partial charge in [0.1, 0.15) is 11.3 Å². The number of hydrogen-bond donors (Lipinski definition) is 2. The van der Waals surface area contributed by atoms with Crippen LogP contribution in [0.15, 0.2) is 10.7 Å². The first-order chi connectivity index (χ1) is 6.69. The smallest absolute Gasteiger partial charge is 0.256 e. The highest BCUT2D eigenvalue weighted by Crippen LogP contribution is 2.08. The molecule has 5 heteroatoms. The van der Waals surface area contributed by atoms with Crippen LogP contribution in [0.4, 0.5) is 0 Å². The van der Waals surface area contributed by atoms with Gasteiger partial charge in [-0.2, -0.15) is 0 Å². The van der Waals surface area contributed by atoms with Crippen molar-refractivity contribution in [1.82, 2.24) is 10.5 Å². The Morgan fingerprint density at radius 2 is 2.50 bits per heavy atom. The van der Waals surface area contributed by atoms with Crippen molar-refractivity contribution < 1.29 is 9.32 Å². The summed E-state index contributed by atoms with van der Waals surface area (Å²) in [5, 5.41) is 6.32. The lowest BCUT2D eigenvalue weighted by atomic mass is 10.2. The molecule has 1 atom stereocenters. The number of aryl methyl sites for hydroxylation is 1. The second kappa shape index (κ2) is 4.76. The first-order valence-electron chi connectivity index (χ1n) is 4.63. The quantitative estimate of drug-likeness (QED) is 0.728. The van der Waals surface area contributed by atoms with E-state index in [9.17, 15) is 4.79 Å². The summed E-state index contributed by atoms with van der Waals surface area (Å²) in [5.74, 6) is 0.424. The van der Waals surface area contributed by atoms with E-state index in [0.29, 0.717) is 24.3 Å². The molecule has 78 valence electrons. The number of nitrogens with one attached hydrogen (secondary N) is 1. The van der Waals surface area contributed by atoms with E-state index >= 15 is 0 Å². The van der Waals surface area contributed by atoms with Gasteiger partial charge >= 0.3 is 0 Å². The van der Waals surface area contributed by atoms with Crippen molar-refractivity contribution in [2.24, 2.45) is 5.73 Å². The van der Waals surface area contributed by atoms with Crippen LogP contribution in [0.25, 0.3) is 0 Å². The molecule has 0 aliphatic carbocycles. The summed E-state index contributed by atoms with van der Waals surface area (Å²) in [7, 11) is 0. The number of carbonyl (C=O) groups excluding carboxylic acids is 1. The van der Waals surface area contributed by atoms with Gasteiger partial charge in [0.15, 0.2) is 0 Å². The third-order valence-corrected chi connectivity index (χ3v) is 1.94. The van der Waals surface area contributed by atoms with Crippen LogP contribution in [0.3, 0.4) is 0 Å². The van der Waals surface area contributed by atoms with Gasteiger partial charge in [-0.1, -0.05) is 12.1 Å². The molecule has 5 nitrogen and oxygen atoms in total. The molecule has 0 aromatic carbocycles. The predicted octanol–water partition coefficient (Wildman–Crippen LogP) is 0.314. The van der Waals surface area contributed by atoms with E-state index in [1.54, 1.807) is 0 Å². The van der Waals surface area contributed by atoms with E-state index in [1.165, 1.54) is 6.20 Å². The fourth-order valence-electron chi connectivity index (χ4n) is 1.06. The van der Waals surface area contributed by atoms with E-state index in [0.717, 1.165) is 0 Å². The third kappa shape index (κ3) is 2.32. The van der Waals surface area contributed by atoms with Crippen LogP contribution in [0.2, 0.25) is 0 Å². The molecule has 1 amide bonds. The van der Waals surface area contributed by atoms with E-state index in [2.05, 4.69) is 10.5 Å². The van der Waals surface area contributed by atoms with Gasteiger partial charge in [0, 0.05) is 19.0 Å². The minimum atomic E-state index is -0.180. The standard InChI is InChI=1S/C9H15N3O2/c1-3-8-7(5-11-14-8)9(13)12-6(2)4-10/h5-6H,3-4,10H2,1-2H3,(H,12,13). The molecule has 1 aromatic rings. The number of aromatic nitrogens is 1. The Balaban J connectivity index is 2.69. The number of carbonyl (C=O) groups is 1. The van der Waals surface area contributed by atoms with E-state index in [1.807, 2.05) is 13.8 Å². The van der Waals surface area contributed by atoms with E-state index < -0.39 is 0 Å². The molecule has 0 aliphatic rings. The summed E-state index contributed by atoms with van der Waals surface area (Å²) >= 11 is 0. The van der Waals surface area contributed by atoms with Gasteiger partial charge < -0.3 is 15.6 Å². The number of nitrogens with two attached hydrogens (primary N) is 1. The number of nitrogens with zero attached hydrogens (tertiary/aromatic N) is 1. The maximum Gasteiger partial charge on any atom is 0.256 e. The lowest BCUT2D eigenvalue weighted by Crippen LogP contribution is -2.37. The second-order valence-corrected chi connectivity index (χ2v) is 3.13. The van der Waals surface area contributed by atoms with Crippen LogP contribution in [-0.4, -0.2) is 23.7 Å². The fraction of sp³-hybridized carbons (Fsp3) is 0.556. The van der Waals surface area contributed by atoms with Crippen LogP contribution in [0, 0.1) is 0 Å². The number of amides is 1. The Kier molecular flexibility index (Phi) is 3.64. The highest BCUT2D eigenvalue weighted by atomic mass is 16.5. The summed E-state index contributed by atoms with van der Waals surface area (Å²) in [6.45, 7) is 4.17. The average molecular weight is 197 g/mol. The highest BCUT2D eigenvalue weighted by molar-refractivity contribution is 5.94. The van der Waals surface area contributed by atoms with Crippen molar-refractivity contribution in [3.8, 4) is 0 Å². The Hall–Kier alpha value is -1.36. The van der Waals surface area contributed by atoms with Crippen LogP contribution >= 0.6 is 0 Å². The highest BCUT2D eigenvalue weighted by Gasteiger charge is 2.15. The molecule has 14 heavy (non-hydrogen) atoms. The maximum absolute atomic E-state index is 11.6. The Morgan fingerprint density at radius 3 is 3.07 bits per heavy atom. The Labute approximate surface area is 82.6 Å². The molecule has 0 fully saturated rings. The van der Waals surface area contributed by atoms with Gasteiger partial charge in [0.25, 0.3) is 5.91 Å². The van der Waals surface area contributed by atoms with Gasteiger partial charge in [-0.05, 0) is 6.92 Å². The molecule has 0 aliphatic heterocycles. The van der Waals surface area contributed by atoms with Gasteiger partial charge in [-0.15, -0.1) is 0 Å². The van der Waals surface area contributed by atoms with Crippen LogP contribution in [0.1, 0.15) is 30.0 Å². The monoisotopic (exact) mass is 197 g/mol. The molecule has 0 radical (unpaired) electrons. The molecule has 3 N–H and O–H groups in total. The van der Waals surface area contributed by atoms with Gasteiger partial charge in [-0.25, -0.2) is 0 Å². The summed E-state index contributed by atoms with van der Waals surface area (Å²) in [6, 6.07) is -0.0397. The van der Waals surface area contributed by atoms with Crippen LogP contribution in [0.5, 0.6) is 0 Å². The molecule has 0 spiro atoms. The van der Waals surface area contributed by atoms with Crippen LogP contribution in [-0.2, 0) is 6.42 Å². The lowest BCUT2D eigenvalue weighted by molar-refractivity contribution is 0.0939. The molecule has 0 saturated carbocycles. The summed E-state index contributed by atoms with van der Waals surface area (Å²) in [4.78, 5) is 11.6. The Morgan fingerprint density at radius 1 is 1.79 bits per heavy atom. The van der Waals surface area contributed by atoms with E-state index in [-0.39, 0.29) is 11.9 Å². The summed E-state index contributed by atoms with van der Waals surface area (Å²) in [5.41, 5.74) is 5.88. The van der Waals surface area contributed by atoms with Crippen molar-refractivity contribution in [1.29, 1.82) is 0 Å². The third-order valence-electron chi connectivity index (χ3n) is 1.94. The SMILES string of the molecule is CCc1oncc1C(=O)NC(C)CN. The van der Waals surface area contributed by atoms with Gasteiger partial charge in [0.2, 0.25) is 0 Å². The minimum Gasteiger partial charge on any atom is -0.361 e. The first-order valence-corrected chi connectivity index (χ1v) is 4.63. The predicted molar refractivity (Wildman–Crippen MR) is 51.9 cm³/mol. The lowest BCUT2D eigenvalue weighted by Gasteiger charge is -2.09. The minimum absolute atomic E-state index is 0.0397. The Bertz CT molecular complexity index is 309. The number of hydrogen-bond acceptors (Lipinski definition) is 4. The fourth-order valence-corrected chi connectivity index (χ4v) is 1.06.